The third-order valence-electron chi connectivity index (χ3n) is 3.85. The molecule has 0 bridgehead atoms. The topological polar surface area (TPSA) is 65.0 Å². The first-order valence-electron chi connectivity index (χ1n) is 8.43. The summed E-state index contributed by atoms with van der Waals surface area (Å²) in [5.41, 5.74) is 0. The molecule has 1 aromatic carbocycles. The number of furan rings is 2. The minimum Gasteiger partial charge on any atom is -0.486 e. The van der Waals surface area contributed by atoms with Gasteiger partial charge in [0, 0.05) is 13.7 Å². The van der Waals surface area contributed by atoms with Crippen molar-refractivity contribution in [3.05, 3.63) is 77.9 Å². The van der Waals surface area contributed by atoms with E-state index in [0.717, 1.165) is 0 Å². The zero-order chi connectivity index (χ0) is 19.1. The molecule has 0 fully saturated rings. The van der Waals surface area contributed by atoms with E-state index >= 15 is 0 Å². The van der Waals surface area contributed by atoms with Crippen LogP contribution in [0, 0.1) is 5.82 Å². The molecule has 0 saturated heterocycles. The number of rotatable bonds is 9. The Morgan fingerprint density at radius 3 is 2.63 bits per heavy atom. The molecule has 0 atom stereocenters. The first kappa shape index (κ1) is 18.7. The molecule has 0 aliphatic rings. The van der Waals surface area contributed by atoms with Gasteiger partial charge in [-0.1, -0.05) is 0 Å². The first-order chi connectivity index (χ1) is 13.2. The predicted molar refractivity (Wildman–Crippen MR) is 94.8 cm³/mol. The molecular formula is C20H20FNO5. The number of halogens is 1. The maximum Gasteiger partial charge on any atom is 0.290 e. The second-order valence-corrected chi connectivity index (χ2v) is 5.81. The van der Waals surface area contributed by atoms with Gasteiger partial charge in [0.2, 0.25) is 0 Å². The van der Waals surface area contributed by atoms with Gasteiger partial charge in [0.15, 0.2) is 5.76 Å². The van der Waals surface area contributed by atoms with Crippen molar-refractivity contribution in [1.82, 2.24) is 4.90 Å². The van der Waals surface area contributed by atoms with E-state index in [2.05, 4.69) is 0 Å². The van der Waals surface area contributed by atoms with Gasteiger partial charge in [-0.15, -0.1) is 0 Å². The van der Waals surface area contributed by atoms with Crippen molar-refractivity contribution in [2.75, 3.05) is 20.3 Å². The van der Waals surface area contributed by atoms with Crippen LogP contribution < -0.4 is 4.74 Å². The number of hydrogen-bond donors (Lipinski definition) is 0. The lowest BCUT2D eigenvalue weighted by atomic mass is 10.3. The first-order valence-corrected chi connectivity index (χ1v) is 8.43. The Morgan fingerprint density at radius 1 is 1.11 bits per heavy atom. The number of carbonyl (C=O) groups excluding carboxylic acids is 1. The van der Waals surface area contributed by atoms with Crippen LogP contribution in [0.2, 0.25) is 0 Å². The van der Waals surface area contributed by atoms with Crippen LogP contribution in [0.3, 0.4) is 0 Å². The van der Waals surface area contributed by atoms with E-state index in [-0.39, 0.29) is 24.1 Å². The van der Waals surface area contributed by atoms with Crippen LogP contribution in [0.15, 0.2) is 63.6 Å². The number of benzene rings is 1. The van der Waals surface area contributed by atoms with Crippen molar-refractivity contribution < 1.29 is 27.5 Å². The fraction of sp³-hybridized carbons (Fsp3) is 0.250. The van der Waals surface area contributed by atoms with Gasteiger partial charge in [-0.3, -0.25) is 4.79 Å². The number of nitrogens with zero attached hydrogens (tertiary/aromatic N) is 1. The molecule has 0 aliphatic heterocycles. The lowest BCUT2D eigenvalue weighted by Gasteiger charge is -2.20. The van der Waals surface area contributed by atoms with E-state index in [0.29, 0.717) is 37.0 Å². The number of amides is 1. The Morgan fingerprint density at radius 2 is 1.93 bits per heavy atom. The van der Waals surface area contributed by atoms with Gasteiger partial charge in [0.25, 0.3) is 5.91 Å². The highest BCUT2D eigenvalue weighted by molar-refractivity contribution is 5.91. The molecule has 0 spiro atoms. The van der Waals surface area contributed by atoms with Crippen molar-refractivity contribution in [3.63, 3.8) is 0 Å². The number of carbonyl (C=O) groups is 1. The van der Waals surface area contributed by atoms with Crippen molar-refractivity contribution in [2.24, 2.45) is 0 Å². The van der Waals surface area contributed by atoms with Gasteiger partial charge >= 0.3 is 0 Å². The fourth-order valence-electron chi connectivity index (χ4n) is 2.46. The largest absolute Gasteiger partial charge is 0.486 e. The minimum absolute atomic E-state index is 0.134. The van der Waals surface area contributed by atoms with Crippen LogP contribution in [-0.4, -0.2) is 31.1 Å². The van der Waals surface area contributed by atoms with Crippen LogP contribution in [0.5, 0.6) is 5.75 Å². The monoisotopic (exact) mass is 373 g/mol. The maximum absolute atomic E-state index is 12.9. The molecule has 2 aromatic heterocycles. The van der Waals surface area contributed by atoms with E-state index in [9.17, 15) is 9.18 Å². The summed E-state index contributed by atoms with van der Waals surface area (Å²) in [4.78, 5) is 14.3. The molecule has 27 heavy (non-hydrogen) atoms. The summed E-state index contributed by atoms with van der Waals surface area (Å²) in [5.74, 6) is 1.28. The third kappa shape index (κ3) is 5.21. The summed E-state index contributed by atoms with van der Waals surface area (Å²) in [6, 6.07) is 12.5. The van der Waals surface area contributed by atoms with Crippen LogP contribution in [0.1, 0.15) is 22.1 Å². The number of ether oxygens (including phenoxy) is 2. The molecule has 7 heteroatoms. The Hall–Kier alpha value is -3.06. The lowest BCUT2D eigenvalue weighted by Crippen LogP contribution is -2.33. The molecule has 0 saturated carbocycles. The Kier molecular flexibility index (Phi) is 6.27. The Bertz CT molecular complexity index is 842. The van der Waals surface area contributed by atoms with Crippen molar-refractivity contribution in [2.45, 2.75) is 13.2 Å². The molecule has 1 amide bonds. The van der Waals surface area contributed by atoms with Gasteiger partial charge in [0.05, 0.1) is 19.4 Å². The van der Waals surface area contributed by atoms with Crippen molar-refractivity contribution in [3.8, 4) is 5.75 Å². The molecule has 2 heterocycles. The van der Waals surface area contributed by atoms with Crippen molar-refractivity contribution in [1.29, 1.82) is 0 Å². The Labute approximate surface area is 156 Å². The molecular weight excluding hydrogens is 353 g/mol. The highest BCUT2D eigenvalue weighted by Gasteiger charge is 2.20. The highest BCUT2D eigenvalue weighted by atomic mass is 19.1. The second-order valence-electron chi connectivity index (χ2n) is 5.81. The lowest BCUT2D eigenvalue weighted by molar-refractivity contribution is 0.0632. The van der Waals surface area contributed by atoms with Gasteiger partial charge in [-0.25, -0.2) is 4.39 Å². The van der Waals surface area contributed by atoms with E-state index in [4.69, 9.17) is 18.3 Å². The van der Waals surface area contributed by atoms with Crippen LogP contribution in [0.25, 0.3) is 0 Å². The van der Waals surface area contributed by atoms with E-state index in [1.807, 2.05) is 0 Å². The van der Waals surface area contributed by atoms with E-state index in [1.165, 1.54) is 24.3 Å². The SMILES string of the molecule is COCCN(Cc1ccco1)C(=O)c1ccc(COc2ccc(F)cc2)o1. The maximum atomic E-state index is 12.9. The predicted octanol–water partition coefficient (Wildman–Crippen LogP) is 3.88. The fourth-order valence-corrected chi connectivity index (χ4v) is 2.46. The van der Waals surface area contributed by atoms with Gasteiger partial charge in [-0.2, -0.15) is 0 Å². The number of hydrogen-bond acceptors (Lipinski definition) is 5. The summed E-state index contributed by atoms with van der Waals surface area (Å²) in [6.07, 6.45) is 1.56. The van der Waals surface area contributed by atoms with Crippen LogP contribution in [0.4, 0.5) is 4.39 Å². The van der Waals surface area contributed by atoms with E-state index < -0.39 is 0 Å². The van der Waals surface area contributed by atoms with E-state index in [1.54, 1.807) is 42.5 Å². The molecule has 0 N–H and O–H groups in total. The average Bonchev–Trinajstić information content (AvgIpc) is 3.36. The summed E-state index contributed by atoms with van der Waals surface area (Å²) < 4.78 is 34.4. The third-order valence-corrected chi connectivity index (χ3v) is 3.85. The molecule has 142 valence electrons. The van der Waals surface area contributed by atoms with Gasteiger partial charge < -0.3 is 23.2 Å². The minimum atomic E-state index is -0.332. The van der Waals surface area contributed by atoms with Gasteiger partial charge in [0.1, 0.15) is 29.7 Å². The molecule has 3 rings (SSSR count). The zero-order valence-corrected chi connectivity index (χ0v) is 14.9. The normalized spacial score (nSPS) is 10.7. The molecule has 0 aliphatic carbocycles. The second kappa shape index (κ2) is 9.05. The summed E-state index contributed by atoms with van der Waals surface area (Å²) in [5, 5.41) is 0. The quantitative estimate of drug-likeness (QED) is 0.570. The smallest absolute Gasteiger partial charge is 0.290 e. The van der Waals surface area contributed by atoms with Crippen LogP contribution in [-0.2, 0) is 17.9 Å². The Balaban J connectivity index is 1.63. The summed E-state index contributed by atoms with van der Waals surface area (Å²) in [7, 11) is 1.58. The van der Waals surface area contributed by atoms with Gasteiger partial charge in [-0.05, 0) is 48.5 Å². The molecule has 6 nitrogen and oxygen atoms in total. The standard InChI is InChI=1S/C20H20FNO5/c1-24-12-10-22(13-17-3-2-11-25-17)20(23)19-9-8-18(27-19)14-26-16-6-4-15(21)5-7-16/h2-9,11H,10,12-14H2,1H3. The molecule has 0 unspecified atom stereocenters. The van der Waals surface area contributed by atoms with Crippen LogP contribution >= 0.6 is 0 Å². The highest BCUT2D eigenvalue weighted by Crippen LogP contribution is 2.17. The zero-order valence-electron chi connectivity index (χ0n) is 14.9. The summed E-state index contributed by atoms with van der Waals surface area (Å²) in [6.45, 7) is 1.25. The molecule has 0 radical (unpaired) electrons. The van der Waals surface area contributed by atoms with Crippen molar-refractivity contribution >= 4 is 5.91 Å². The average molecular weight is 373 g/mol. The molecule has 3 aromatic rings. The number of methoxy groups -OCH3 is 1. The summed E-state index contributed by atoms with van der Waals surface area (Å²) >= 11 is 0.